The molecule has 1 aliphatic heterocycles. The normalized spacial score (nSPS) is 17.2. The number of nitrogens with zero attached hydrogens (tertiary/aromatic N) is 3. The topological polar surface area (TPSA) is 79.8 Å². The van der Waals surface area contributed by atoms with E-state index in [1.165, 1.54) is 6.42 Å². The van der Waals surface area contributed by atoms with Gasteiger partial charge in [0.05, 0.1) is 12.2 Å². The third kappa shape index (κ3) is 5.32. The van der Waals surface area contributed by atoms with Crippen LogP contribution in [0.3, 0.4) is 0 Å². The molecule has 0 aliphatic carbocycles. The summed E-state index contributed by atoms with van der Waals surface area (Å²) in [5.74, 6) is 1.25. The predicted molar refractivity (Wildman–Crippen MR) is 96.0 cm³/mol. The number of hydrogen-bond acceptors (Lipinski definition) is 5. The highest BCUT2D eigenvalue weighted by Gasteiger charge is 2.18. The molecular formula is C19H25N5O. The van der Waals surface area contributed by atoms with Crippen LogP contribution >= 0.6 is 0 Å². The zero-order valence-corrected chi connectivity index (χ0v) is 14.7. The Morgan fingerprint density at radius 2 is 2.24 bits per heavy atom. The predicted octanol–water partition coefficient (Wildman–Crippen LogP) is 1.90. The molecule has 1 saturated heterocycles. The highest BCUT2D eigenvalue weighted by molar-refractivity contribution is 5.76. The quantitative estimate of drug-likeness (QED) is 0.840. The second kappa shape index (κ2) is 8.67. The van der Waals surface area contributed by atoms with Crippen LogP contribution < -0.4 is 10.6 Å². The summed E-state index contributed by atoms with van der Waals surface area (Å²) in [5.41, 5.74) is 2.91. The van der Waals surface area contributed by atoms with E-state index in [2.05, 4.69) is 31.7 Å². The van der Waals surface area contributed by atoms with Crippen LogP contribution in [0.25, 0.3) is 0 Å². The lowest BCUT2D eigenvalue weighted by Crippen LogP contribution is -2.29. The van der Waals surface area contributed by atoms with Crippen LogP contribution in [0.1, 0.15) is 48.1 Å². The van der Waals surface area contributed by atoms with Gasteiger partial charge in [-0.05, 0) is 50.9 Å². The summed E-state index contributed by atoms with van der Waals surface area (Å²) in [6.45, 7) is 4.44. The van der Waals surface area contributed by atoms with Gasteiger partial charge < -0.3 is 10.6 Å². The Balaban J connectivity index is 1.53. The number of hydrogen-bond donors (Lipinski definition) is 2. The van der Waals surface area contributed by atoms with E-state index in [1.54, 1.807) is 6.20 Å². The molecule has 2 aromatic heterocycles. The van der Waals surface area contributed by atoms with Crippen LogP contribution in [-0.2, 0) is 17.8 Å². The molecule has 1 unspecified atom stereocenters. The van der Waals surface area contributed by atoms with E-state index in [-0.39, 0.29) is 5.91 Å². The van der Waals surface area contributed by atoms with Crippen molar-refractivity contribution in [2.24, 2.45) is 0 Å². The zero-order valence-electron chi connectivity index (χ0n) is 14.7. The smallest absolute Gasteiger partial charge is 0.220 e. The van der Waals surface area contributed by atoms with Gasteiger partial charge in [-0.15, -0.1) is 0 Å². The van der Waals surface area contributed by atoms with Crippen molar-refractivity contribution < 1.29 is 4.79 Å². The SMILES string of the molecule is Cc1nc(CCC(=O)NCc2ccccn2)cc(C2CCCNC2)n1. The Morgan fingerprint density at radius 3 is 3.00 bits per heavy atom. The Kier molecular flexibility index (Phi) is 6.06. The van der Waals surface area contributed by atoms with Crippen molar-refractivity contribution in [2.45, 2.75) is 45.1 Å². The van der Waals surface area contributed by atoms with E-state index in [0.29, 0.717) is 25.3 Å². The minimum absolute atomic E-state index is 0.0165. The average molecular weight is 339 g/mol. The first-order valence-corrected chi connectivity index (χ1v) is 8.92. The first kappa shape index (κ1) is 17.5. The van der Waals surface area contributed by atoms with Gasteiger partial charge in [-0.1, -0.05) is 6.07 Å². The monoisotopic (exact) mass is 339 g/mol. The number of piperidine rings is 1. The molecule has 6 nitrogen and oxygen atoms in total. The van der Waals surface area contributed by atoms with Gasteiger partial charge >= 0.3 is 0 Å². The van der Waals surface area contributed by atoms with E-state index in [4.69, 9.17) is 0 Å². The summed E-state index contributed by atoms with van der Waals surface area (Å²) in [5, 5.41) is 6.33. The van der Waals surface area contributed by atoms with Crippen LogP contribution in [0, 0.1) is 6.92 Å². The molecule has 0 bridgehead atoms. The summed E-state index contributed by atoms with van der Waals surface area (Å²) in [4.78, 5) is 25.4. The summed E-state index contributed by atoms with van der Waals surface area (Å²) in [6, 6.07) is 7.75. The molecule has 3 heterocycles. The maximum absolute atomic E-state index is 12.1. The maximum atomic E-state index is 12.1. The lowest BCUT2D eigenvalue weighted by molar-refractivity contribution is -0.121. The van der Waals surface area contributed by atoms with Gasteiger partial charge in [0.25, 0.3) is 0 Å². The third-order valence-electron chi connectivity index (χ3n) is 4.43. The second-order valence-electron chi connectivity index (χ2n) is 6.47. The molecule has 3 rings (SSSR count). The van der Waals surface area contributed by atoms with Gasteiger partial charge in [0.15, 0.2) is 0 Å². The minimum atomic E-state index is 0.0165. The van der Waals surface area contributed by atoms with E-state index in [9.17, 15) is 4.79 Å². The van der Waals surface area contributed by atoms with Gasteiger partial charge in [0.1, 0.15) is 5.82 Å². The molecule has 2 aromatic rings. The summed E-state index contributed by atoms with van der Waals surface area (Å²) >= 11 is 0. The van der Waals surface area contributed by atoms with Crippen molar-refractivity contribution in [1.82, 2.24) is 25.6 Å². The fourth-order valence-corrected chi connectivity index (χ4v) is 3.12. The van der Waals surface area contributed by atoms with Gasteiger partial charge in [0.2, 0.25) is 5.91 Å². The second-order valence-corrected chi connectivity index (χ2v) is 6.47. The van der Waals surface area contributed by atoms with Crippen molar-refractivity contribution in [3.05, 3.63) is 53.4 Å². The van der Waals surface area contributed by atoms with Crippen molar-refractivity contribution >= 4 is 5.91 Å². The summed E-state index contributed by atoms with van der Waals surface area (Å²) < 4.78 is 0. The first-order valence-electron chi connectivity index (χ1n) is 8.92. The fourth-order valence-electron chi connectivity index (χ4n) is 3.12. The molecule has 132 valence electrons. The molecule has 0 radical (unpaired) electrons. The molecule has 0 aromatic carbocycles. The molecule has 1 atom stereocenters. The molecule has 25 heavy (non-hydrogen) atoms. The zero-order chi connectivity index (χ0) is 17.5. The van der Waals surface area contributed by atoms with E-state index >= 15 is 0 Å². The molecule has 1 amide bonds. The van der Waals surface area contributed by atoms with Crippen molar-refractivity contribution in [3.63, 3.8) is 0 Å². The van der Waals surface area contributed by atoms with Gasteiger partial charge in [-0.3, -0.25) is 9.78 Å². The van der Waals surface area contributed by atoms with E-state index in [1.807, 2.05) is 25.1 Å². The fraction of sp³-hybridized carbons (Fsp3) is 0.474. The van der Waals surface area contributed by atoms with Crippen LogP contribution in [0.5, 0.6) is 0 Å². The summed E-state index contributed by atoms with van der Waals surface area (Å²) in [7, 11) is 0. The highest BCUT2D eigenvalue weighted by atomic mass is 16.1. The lowest BCUT2D eigenvalue weighted by Gasteiger charge is -2.22. The van der Waals surface area contributed by atoms with Crippen molar-refractivity contribution in [1.29, 1.82) is 0 Å². The number of aryl methyl sites for hydroxylation is 2. The minimum Gasteiger partial charge on any atom is -0.350 e. The standard InChI is InChI=1S/C19H25N5O/c1-14-23-16(11-18(24-14)15-5-4-9-20-12-15)7-8-19(25)22-13-17-6-2-3-10-21-17/h2-3,6,10-11,15,20H,4-5,7-9,12-13H2,1H3,(H,22,25). The number of aromatic nitrogens is 3. The molecular weight excluding hydrogens is 314 g/mol. The number of rotatable bonds is 6. The molecule has 0 saturated carbocycles. The van der Waals surface area contributed by atoms with E-state index in [0.717, 1.165) is 42.4 Å². The average Bonchev–Trinajstić information content (AvgIpc) is 2.66. The van der Waals surface area contributed by atoms with Gasteiger partial charge in [-0.25, -0.2) is 9.97 Å². The largest absolute Gasteiger partial charge is 0.350 e. The molecule has 1 aliphatic rings. The molecule has 2 N–H and O–H groups in total. The van der Waals surface area contributed by atoms with E-state index < -0.39 is 0 Å². The Morgan fingerprint density at radius 1 is 1.32 bits per heavy atom. The maximum Gasteiger partial charge on any atom is 0.220 e. The van der Waals surface area contributed by atoms with Crippen molar-refractivity contribution in [2.75, 3.05) is 13.1 Å². The Hall–Kier alpha value is -2.34. The number of carbonyl (C=O) groups is 1. The number of nitrogens with one attached hydrogen (secondary N) is 2. The van der Waals surface area contributed by atoms with Gasteiger partial charge in [-0.2, -0.15) is 0 Å². The Labute approximate surface area is 148 Å². The van der Waals surface area contributed by atoms with Crippen LogP contribution in [0.15, 0.2) is 30.5 Å². The van der Waals surface area contributed by atoms with Crippen molar-refractivity contribution in [3.8, 4) is 0 Å². The summed E-state index contributed by atoms with van der Waals surface area (Å²) in [6.07, 6.45) is 5.12. The number of amides is 1. The van der Waals surface area contributed by atoms with Crippen LogP contribution in [0.4, 0.5) is 0 Å². The highest BCUT2D eigenvalue weighted by Crippen LogP contribution is 2.22. The Bertz CT molecular complexity index is 698. The molecule has 1 fully saturated rings. The molecule has 6 heteroatoms. The number of carbonyl (C=O) groups excluding carboxylic acids is 1. The molecule has 0 spiro atoms. The number of pyridine rings is 1. The van der Waals surface area contributed by atoms with Crippen LogP contribution in [0.2, 0.25) is 0 Å². The van der Waals surface area contributed by atoms with Gasteiger partial charge in [0, 0.05) is 36.5 Å². The first-order chi connectivity index (χ1) is 12.2. The lowest BCUT2D eigenvalue weighted by atomic mass is 9.95. The third-order valence-corrected chi connectivity index (χ3v) is 4.43. The van der Waals surface area contributed by atoms with Crippen LogP contribution in [-0.4, -0.2) is 33.9 Å².